The lowest BCUT2D eigenvalue weighted by molar-refractivity contribution is 1.28. The van der Waals surface area contributed by atoms with E-state index in [4.69, 9.17) is 4.98 Å². The fraction of sp³-hybridized carbons (Fsp3) is 0. The van der Waals surface area contributed by atoms with E-state index in [0.717, 1.165) is 38.7 Å². The van der Waals surface area contributed by atoms with Gasteiger partial charge in [-0.3, -0.25) is 9.97 Å². The number of fused-ring (bicyclic) bond motifs is 1. The zero-order chi connectivity index (χ0) is 18.8. The van der Waals surface area contributed by atoms with E-state index < -0.39 is 0 Å². The van der Waals surface area contributed by atoms with Gasteiger partial charge < -0.3 is 5.32 Å². The van der Waals surface area contributed by atoms with Gasteiger partial charge in [0.25, 0.3) is 0 Å². The lowest BCUT2D eigenvalue weighted by Gasteiger charge is -2.07. The predicted molar refractivity (Wildman–Crippen MR) is 114 cm³/mol. The van der Waals surface area contributed by atoms with Crippen LogP contribution in [0.25, 0.3) is 33.0 Å². The second-order valence-electron chi connectivity index (χ2n) is 6.20. The van der Waals surface area contributed by atoms with Crippen LogP contribution in [0.5, 0.6) is 0 Å². The molecule has 0 aliphatic rings. The van der Waals surface area contributed by atoms with Crippen LogP contribution in [0.2, 0.25) is 0 Å². The standard InChI is InChI=1S/C22H15N5S/c1-2-9-18-17(8-1)24-13-21(26-18)25-16-7-5-6-15(12-16)20-14-28-22(27-20)19-10-3-4-11-23-19/h1-14H,(H,25,26). The van der Waals surface area contributed by atoms with Gasteiger partial charge >= 0.3 is 0 Å². The summed E-state index contributed by atoms with van der Waals surface area (Å²) in [6, 6.07) is 21.8. The topological polar surface area (TPSA) is 63.6 Å². The van der Waals surface area contributed by atoms with Gasteiger partial charge in [-0.2, -0.15) is 0 Å². The minimum atomic E-state index is 0.711. The van der Waals surface area contributed by atoms with Gasteiger partial charge in [0.05, 0.1) is 28.6 Å². The molecule has 28 heavy (non-hydrogen) atoms. The molecule has 1 N–H and O–H groups in total. The van der Waals surface area contributed by atoms with Gasteiger partial charge in [0.15, 0.2) is 0 Å². The number of hydrogen-bond donors (Lipinski definition) is 1. The normalized spacial score (nSPS) is 10.9. The largest absolute Gasteiger partial charge is 0.339 e. The average molecular weight is 381 g/mol. The Kier molecular flexibility index (Phi) is 4.23. The summed E-state index contributed by atoms with van der Waals surface area (Å²) < 4.78 is 0. The summed E-state index contributed by atoms with van der Waals surface area (Å²) in [5.41, 5.74) is 5.54. The van der Waals surface area contributed by atoms with Crippen molar-refractivity contribution in [3.63, 3.8) is 0 Å². The van der Waals surface area contributed by atoms with Crippen molar-refractivity contribution < 1.29 is 0 Å². The first-order valence-corrected chi connectivity index (χ1v) is 9.69. The van der Waals surface area contributed by atoms with Gasteiger partial charge in [-0.25, -0.2) is 9.97 Å². The highest BCUT2D eigenvalue weighted by atomic mass is 32.1. The molecule has 0 aliphatic heterocycles. The van der Waals surface area contributed by atoms with Gasteiger partial charge in [0, 0.05) is 22.8 Å². The molecule has 134 valence electrons. The van der Waals surface area contributed by atoms with E-state index in [1.54, 1.807) is 23.7 Å². The van der Waals surface area contributed by atoms with E-state index in [9.17, 15) is 0 Å². The van der Waals surface area contributed by atoms with Crippen LogP contribution in [0.1, 0.15) is 0 Å². The van der Waals surface area contributed by atoms with Crippen LogP contribution in [0.4, 0.5) is 11.5 Å². The fourth-order valence-corrected chi connectivity index (χ4v) is 3.74. The minimum absolute atomic E-state index is 0.711. The van der Waals surface area contributed by atoms with Crippen molar-refractivity contribution in [1.29, 1.82) is 0 Å². The molecule has 0 saturated heterocycles. The van der Waals surface area contributed by atoms with Crippen molar-refractivity contribution >= 4 is 33.9 Å². The summed E-state index contributed by atoms with van der Waals surface area (Å²) in [6.07, 6.45) is 3.53. The van der Waals surface area contributed by atoms with Crippen LogP contribution in [-0.4, -0.2) is 19.9 Å². The van der Waals surface area contributed by atoms with Crippen molar-refractivity contribution in [2.45, 2.75) is 0 Å². The molecule has 5 aromatic rings. The molecule has 0 fully saturated rings. The number of pyridine rings is 1. The second kappa shape index (κ2) is 7.17. The predicted octanol–water partition coefficient (Wildman–Crippen LogP) is 5.56. The Morgan fingerprint density at radius 3 is 2.54 bits per heavy atom. The molecule has 0 atom stereocenters. The highest BCUT2D eigenvalue weighted by molar-refractivity contribution is 7.13. The summed E-state index contributed by atoms with van der Waals surface area (Å²) in [5, 5.41) is 6.30. The molecule has 5 nitrogen and oxygen atoms in total. The average Bonchev–Trinajstić information content (AvgIpc) is 3.25. The van der Waals surface area contributed by atoms with Crippen molar-refractivity contribution in [3.8, 4) is 22.0 Å². The molecule has 3 aromatic heterocycles. The lowest BCUT2D eigenvalue weighted by atomic mass is 10.1. The minimum Gasteiger partial charge on any atom is -0.339 e. The Labute approximate surface area is 165 Å². The molecule has 0 saturated carbocycles. The van der Waals surface area contributed by atoms with Crippen molar-refractivity contribution in [3.05, 3.63) is 84.5 Å². The molecule has 0 aliphatic carbocycles. The molecule has 0 unspecified atom stereocenters. The van der Waals surface area contributed by atoms with Crippen LogP contribution in [0.3, 0.4) is 0 Å². The summed E-state index contributed by atoms with van der Waals surface area (Å²) in [6.45, 7) is 0. The summed E-state index contributed by atoms with van der Waals surface area (Å²) in [4.78, 5) is 18.2. The third kappa shape index (κ3) is 3.33. The SMILES string of the molecule is c1ccc(-c2nc(-c3cccc(Nc4cnc5ccccc5n4)c3)cs2)nc1. The van der Waals surface area contributed by atoms with E-state index in [1.807, 2.05) is 54.6 Å². The van der Waals surface area contributed by atoms with Gasteiger partial charge in [-0.05, 0) is 36.4 Å². The fourth-order valence-electron chi connectivity index (χ4n) is 2.93. The van der Waals surface area contributed by atoms with E-state index in [0.29, 0.717) is 5.82 Å². The molecular formula is C22H15N5S. The monoisotopic (exact) mass is 381 g/mol. The molecule has 0 bridgehead atoms. The number of para-hydroxylation sites is 2. The van der Waals surface area contributed by atoms with Crippen LogP contribution < -0.4 is 5.32 Å². The molecule has 3 heterocycles. The van der Waals surface area contributed by atoms with Crippen LogP contribution >= 0.6 is 11.3 Å². The Bertz CT molecular complexity index is 1250. The van der Waals surface area contributed by atoms with Gasteiger partial charge in [-0.15, -0.1) is 11.3 Å². The van der Waals surface area contributed by atoms with Crippen molar-refractivity contribution in [2.24, 2.45) is 0 Å². The molecular weight excluding hydrogens is 366 g/mol. The second-order valence-corrected chi connectivity index (χ2v) is 7.06. The Morgan fingerprint density at radius 2 is 1.64 bits per heavy atom. The van der Waals surface area contributed by atoms with E-state index >= 15 is 0 Å². The first-order valence-electron chi connectivity index (χ1n) is 8.81. The van der Waals surface area contributed by atoms with E-state index in [-0.39, 0.29) is 0 Å². The Balaban J connectivity index is 1.42. The first kappa shape index (κ1) is 16.5. The maximum Gasteiger partial charge on any atom is 0.149 e. The highest BCUT2D eigenvalue weighted by Crippen LogP contribution is 2.29. The first-order chi connectivity index (χ1) is 13.8. The number of hydrogen-bond acceptors (Lipinski definition) is 6. The number of anilines is 2. The van der Waals surface area contributed by atoms with E-state index in [1.165, 1.54) is 0 Å². The van der Waals surface area contributed by atoms with Crippen LogP contribution in [0, 0.1) is 0 Å². The van der Waals surface area contributed by atoms with Crippen molar-refractivity contribution in [2.75, 3.05) is 5.32 Å². The van der Waals surface area contributed by atoms with Crippen LogP contribution in [0.15, 0.2) is 84.5 Å². The molecule has 0 radical (unpaired) electrons. The molecule has 2 aromatic carbocycles. The quantitative estimate of drug-likeness (QED) is 0.442. The zero-order valence-electron chi connectivity index (χ0n) is 14.8. The number of thiazole rings is 1. The third-order valence-corrected chi connectivity index (χ3v) is 5.13. The Hall–Kier alpha value is -3.64. The maximum absolute atomic E-state index is 4.74. The molecule has 6 heteroatoms. The highest BCUT2D eigenvalue weighted by Gasteiger charge is 2.08. The van der Waals surface area contributed by atoms with Gasteiger partial charge in [0.2, 0.25) is 0 Å². The van der Waals surface area contributed by atoms with Gasteiger partial charge in [-0.1, -0.05) is 30.3 Å². The maximum atomic E-state index is 4.74. The molecule has 0 amide bonds. The van der Waals surface area contributed by atoms with Crippen molar-refractivity contribution in [1.82, 2.24) is 19.9 Å². The summed E-state index contributed by atoms with van der Waals surface area (Å²) in [5.74, 6) is 0.711. The summed E-state index contributed by atoms with van der Waals surface area (Å²) in [7, 11) is 0. The number of nitrogens with zero attached hydrogens (tertiary/aromatic N) is 4. The summed E-state index contributed by atoms with van der Waals surface area (Å²) >= 11 is 1.59. The number of rotatable bonds is 4. The molecule has 5 rings (SSSR count). The Morgan fingerprint density at radius 1 is 0.750 bits per heavy atom. The van der Waals surface area contributed by atoms with E-state index in [2.05, 4.69) is 37.8 Å². The number of benzene rings is 2. The zero-order valence-corrected chi connectivity index (χ0v) is 15.6. The van der Waals surface area contributed by atoms with Gasteiger partial charge in [0.1, 0.15) is 10.8 Å². The van der Waals surface area contributed by atoms with Crippen LogP contribution in [-0.2, 0) is 0 Å². The lowest BCUT2D eigenvalue weighted by Crippen LogP contribution is -1.95. The molecule has 0 spiro atoms. The number of aromatic nitrogens is 4. The number of nitrogens with one attached hydrogen (secondary N) is 1. The smallest absolute Gasteiger partial charge is 0.149 e. The third-order valence-electron chi connectivity index (χ3n) is 4.27.